The molecule has 1 aliphatic carbocycles. The van der Waals surface area contributed by atoms with Crippen LogP contribution in [0.2, 0.25) is 0 Å². The highest BCUT2D eigenvalue weighted by Crippen LogP contribution is 2.52. The van der Waals surface area contributed by atoms with Gasteiger partial charge in [-0.3, -0.25) is 0 Å². The summed E-state index contributed by atoms with van der Waals surface area (Å²) < 4.78 is 0. The molecule has 1 aliphatic heterocycles. The minimum atomic E-state index is 0.323. The van der Waals surface area contributed by atoms with Crippen LogP contribution in [0, 0.1) is 5.92 Å². The van der Waals surface area contributed by atoms with Crippen LogP contribution in [0.4, 0.5) is 0 Å². The Morgan fingerprint density at radius 2 is 2.00 bits per heavy atom. The summed E-state index contributed by atoms with van der Waals surface area (Å²) in [5.41, 5.74) is 3.46. The van der Waals surface area contributed by atoms with E-state index in [0.29, 0.717) is 10.7 Å². The van der Waals surface area contributed by atoms with Crippen LogP contribution in [-0.4, -0.2) is 5.25 Å². The highest BCUT2D eigenvalue weighted by molar-refractivity contribution is 8.00. The fraction of sp³-hybridized carbons (Fsp3) is 0.500. The van der Waals surface area contributed by atoms with E-state index in [0.717, 1.165) is 5.92 Å². The van der Waals surface area contributed by atoms with Crippen LogP contribution < -0.4 is 0 Å². The van der Waals surface area contributed by atoms with Crippen LogP contribution in [0.3, 0.4) is 0 Å². The van der Waals surface area contributed by atoms with Gasteiger partial charge in [-0.2, -0.15) is 0 Å². The zero-order chi connectivity index (χ0) is 12.0. The first-order valence-corrected chi connectivity index (χ1v) is 7.40. The summed E-state index contributed by atoms with van der Waals surface area (Å²) in [6, 6.07) is 8.96. The van der Waals surface area contributed by atoms with Crippen LogP contribution in [0.1, 0.15) is 39.2 Å². The molecule has 0 N–H and O–H groups in total. The van der Waals surface area contributed by atoms with E-state index < -0.39 is 0 Å². The molecule has 0 spiro atoms. The van der Waals surface area contributed by atoms with Crippen LogP contribution in [0.25, 0.3) is 0 Å². The van der Waals surface area contributed by atoms with Gasteiger partial charge >= 0.3 is 0 Å². The van der Waals surface area contributed by atoms with E-state index >= 15 is 0 Å². The molecule has 2 atom stereocenters. The maximum atomic E-state index is 2.51. The Balaban J connectivity index is 2.10. The third kappa shape index (κ3) is 1.76. The Morgan fingerprint density at radius 1 is 1.24 bits per heavy atom. The van der Waals surface area contributed by atoms with Crippen molar-refractivity contribution in [3.8, 4) is 0 Å². The summed E-state index contributed by atoms with van der Waals surface area (Å²) in [5.74, 6) is 0.797. The summed E-state index contributed by atoms with van der Waals surface area (Å²) in [5, 5.41) is 0.689. The van der Waals surface area contributed by atoms with Gasteiger partial charge in [-0.05, 0) is 42.7 Å². The van der Waals surface area contributed by atoms with Gasteiger partial charge in [0.1, 0.15) is 0 Å². The first kappa shape index (κ1) is 11.4. The number of fused-ring (bicyclic) bond motifs is 2. The second-order valence-corrected chi connectivity index (χ2v) is 7.18. The molecule has 0 aromatic heterocycles. The maximum absolute atomic E-state index is 2.51. The third-order valence-electron chi connectivity index (χ3n) is 4.47. The minimum absolute atomic E-state index is 0.323. The van der Waals surface area contributed by atoms with E-state index in [1.54, 1.807) is 11.1 Å². The summed E-state index contributed by atoms with van der Waals surface area (Å²) in [6.45, 7) is 7.14. The zero-order valence-corrected chi connectivity index (χ0v) is 11.7. The third-order valence-corrected chi connectivity index (χ3v) is 5.81. The second-order valence-electron chi connectivity index (χ2n) is 5.96. The van der Waals surface area contributed by atoms with Gasteiger partial charge < -0.3 is 0 Å². The van der Waals surface area contributed by atoms with Crippen molar-refractivity contribution in [2.75, 3.05) is 0 Å². The molecule has 3 rings (SSSR count). The number of allylic oxidation sites excluding steroid dienone is 1. The molecule has 1 heterocycles. The van der Waals surface area contributed by atoms with E-state index in [1.807, 2.05) is 0 Å². The molecule has 0 nitrogen and oxygen atoms in total. The van der Waals surface area contributed by atoms with E-state index in [2.05, 4.69) is 62.9 Å². The van der Waals surface area contributed by atoms with E-state index in [4.69, 9.17) is 0 Å². The van der Waals surface area contributed by atoms with E-state index in [-0.39, 0.29) is 0 Å². The van der Waals surface area contributed by atoms with Gasteiger partial charge in [0.05, 0.1) is 0 Å². The molecule has 0 saturated heterocycles. The van der Waals surface area contributed by atoms with Crippen molar-refractivity contribution in [3.05, 3.63) is 41.5 Å². The average molecular weight is 244 g/mol. The van der Waals surface area contributed by atoms with E-state index in [1.165, 1.54) is 17.7 Å². The fourth-order valence-electron chi connectivity index (χ4n) is 3.36. The zero-order valence-electron chi connectivity index (χ0n) is 10.9. The molecule has 17 heavy (non-hydrogen) atoms. The van der Waals surface area contributed by atoms with Gasteiger partial charge in [0.2, 0.25) is 0 Å². The van der Waals surface area contributed by atoms with Crippen molar-refractivity contribution in [1.82, 2.24) is 0 Å². The normalized spacial score (nSPS) is 30.2. The first-order valence-electron chi connectivity index (χ1n) is 6.52. The summed E-state index contributed by atoms with van der Waals surface area (Å²) in [7, 11) is 0. The van der Waals surface area contributed by atoms with Crippen LogP contribution >= 0.6 is 11.8 Å². The predicted octanol–water partition coefficient (Wildman–Crippen LogP) is 4.79. The topological polar surface area (TPSA) is 0 Å². The van der Waals surface area contributed by atoms with Gasteiger partial charge in [0, 0.05) is 10.1 Å². The lowest BCUT2D eigenvalue weighted by Gasteiger charge is -2.46. The van der Waals surface area contributed by atoms with Crippen molar-refractivity contribution >= 4 is 11.8 Å². The van der Waals surface area contributed by atoms with E-state index in [9.17, 15) is 0 Å². The molecule has 0 fully saturated rings. The summed E-state index contributed by atoms with van der Waals surface area (Å²) >= 11 is 2.07. The summed E-state index contributed by atoms with van der Waals surface area (Å²) in [6.07, 6.45) is 5.14. The highest BCUT2D eigenvalue weighted by Gasteiger charge is 2.42. The molecule has 0 amide bonds. The Bertz CT molecular complexity index is 470. The number of thioether (sulfide) groups is 1. The second kappa shape index (κ2) is 3.91. The summed E-state index contributed by atoms with van der Waals surface area (Å²) in [4.78, 5) is 1.49. The Morgan fingerprint density at radius 3 is 2.82 bits per heavy atom. The molecule has 1 aromatic carbocycles. The van der Waals surface area contributed by atoms with Crippen LogP contribution in [-0.2, 0) is 5.41 Å². The van der Waals surface area contributed by atoms with Crippen molar-refractivity contribution in [2.24, 2.45) is 5.92 Å². The standard InChI is InChI=1S/C16H20S/c1-11-8-9-13-15(10-11)17-14-7-5-4-6-12(14)16(13,2)3/h4-7,10,13,15H,8-9H2,1-3H3. The van der Waals surface area contributed by atoms with Crippen molar-refractivity contribution in [3.63, 3.8) is 0 Å². The average Bonchev–Trinajstić information content (AvgIpc) is 2.28. The molecule has 0 saturated carbocycles. The fourth-order valence-corrected chi connectivity index (χ4v) is 5.21. The van der Waals surface area contributed by atoms with Crippen molar-refractivity contribution in [1.29, 1.82) is 0 Å². The lowest BCUT2D eigenvalue weighted by molar-refractivity contribution is 0.288. The molecule has 1 aromatic rings. The molecule has 2 unspecified atom stereocenters. The molecular formula is C16H20S. The van der Waals surface area contributed by atoms with Crippen molar-refractivity contribution < 1.29 is 0 Å². The smallest absolute Gasteiger partial charge is 0.0313 e. The molecule has 90 valence electrons. The van der Waals surface area contributed by atoms with Gasteiger partial charge in [0.25, 0.3) is 0 Å². The van der Waals surface area contributed by atoms with Crippen LogP contribution in [0.15, 0.2) is 40.8 Å². The molecule has 0 radical (unpaired) electrons. The molecule has 1 heteroatoms. The Labute approximate surface area is 109 Å². The minimum Gasteiger partial charge on any atom is -0.118 e. The van der Waals surface area contributed by atoms with Crippen LogP contribution in [0.5, 0.6) is 0 Å². The number of hydrogen-bond donors (Lipinski definition) is 0. The Hall–Kier alpha value is -0.690. The lowest BCUT2D eigenvalue weighted by atomic mass is 9.67. The van der Waals surface area contributed by atoms with Gasteiger partial charge in [0.15, 0.2) is 0 Å². The quantitative estimate of drug-likeness (QED) is 0.591. The highest BCUT2D eigenvalue weighted by atomic mass is 32.2. The maximum Gasteiger partial charge on any atom is 0.0313 e. The number of benzene rings is 1. The van der Waals surface area contributed by atoms with Gasteiger partial charge in [-0.1, -0.05) is 43.7 Å². The molecule has 0 bridgehead atoms. The largest absolute Gasteiger partial charge is 0.118 e. The van der Waals surface area contributed by atoms with Crippen molar-refractivity contribution in [2.45, 2.75) is 49.2 Å². The number of hydrogen-bond acceptors (Lipinski definition) is 1. The Kier molecular flexibility index (Phi) is 2.62. The molecular weight excluding hydrogens is 224 g/mol. The van der Waals surface area contributed by atoms with Gasteiger partial charge in [-0.25, -0.2) is 0 Å². The monoisotopic (exact) mass is 244 g/mol. The SMILES string of the molecule is CC1=CC2Sc3ccccc3C(C)(C)C2CC1. The van der Waals surface area contributed by atoms with Gasteiger partial charge in [-0.15, -0.1) is 11.8 Å². The predicted molar refractivity (Wildman–Crippen MR) is 75.6 cm³/mol. The lowest BCUT2D eigenvalue weighted by Crippen LogP contribution is -2.40. The number of rotatable bonds is 0. The first-order chi connectivity index (χ1) is 8.09. The molecule has 2 aliphatic rings.